The van der Waals surface area contributed by atoms with E-state index in [1.165, 1.54) is 6.07 Å². The molecule has 1 atom stereocenters. The van der Waals surface area contributed by atoms with Gasteiger partial charge in [0.25, 0.3) is 0 Å². The number of pyridine rings is 1. The number of benzene rings is 1. The van der Waals surface area contributed by atoms with Gasteiger partial charge in [0.15, 0.2) is 0 Å². The number of nitrogens with zero attached hydrogens (tertiary/aromatic N) is 4. The molecule has 0 saturated heterocycles. The van der Waals surface area contributed by atoms with Gasteiger partial charge >= 0.3 is 5.69 Å². The largest absolute Gasteiger partial charge is 0.311 e. The number of rotatable bonds is 7. The summed E-state index contributed by atoms with van der Waals surface area (Å²) in [4.78, 5) is 19.4. The third kappa shape index (κ3) is 3.84. The standard InChI is InChI=1S/C17H22N4O2/c1-4-9-16(19(2)3)20(14-10-6-5-7-11-14)17-15(21(22)23)12-8-13-18-17/h5-8,10-13,16H,4,9H2,1-3H3. The van der Waals surface area contributed by atoms with E-state index in [1.54, 1.807) is 12.3 Å². The molecule has 0 aliphatic carbocycles. The Morgan fingerprint density at radius 3 is 2.43 bits per heavy atom. The van der Waals surface area contributed by atoms with Gasteiger partial charge in [-0.3, -0.25) is 15.0 Å². The van der Waals surface area contributed by atoms with E-state index >= 15 is 0 Å². The molecule has 6 nitrogen and oxygen atoms in total. The second-order valence-electron chi connectivity index (χ2n) is 5.54. The van der Waals surface area contributed by atoms with Crippen LogP contribution in [0.2, 0.25) is 0 Å². The van der Waals surface area contributed by atoms with E-state index in [4.69, 9.17) is 0 Å². The topological polar surface area (TPSA) is 62.5 Å². The average Bonchev–Trinajstić information content (AvgIpc) is 2.55. The molecule has 0 spiro atoms. The zero-order chi connectivity index (χ0) is 16.8. The summed E-state index contributed by atoms with van der Waals surface area (Å²) >= 11 is 0. The molecule has 0 aliphatic rings. The molecule has 1 aromatic carbocycles. The third-order valence-corrected chi connectivity index (χ3v) is 3.67. The van der Waals surface area contributed by atoms with Crippen molar-refractivity contribution in [1.82, 2.24) is 9.88 Å². The van der Waals surface area contributed by atoms with Crippen LogP contribution in [0, 0.1) is 10.1 Å². The lowest BCUT2D eigenvalue weighted by Gasteiger charge is -2.36. The molecule has 6 heteroatoms. The first-order valence-corrected chi connectivity index (χ1v) is 7.66. The lowest BCUT2D eigenvalue weighted by Crippen LogP contribution is -2.43. The van der Waals surface area contributed by atoms with E-state index in [0.717, 1.165) is 18.5 Å². The summed E-state index contributed by atoms with van der Waals surface area (Å²) < 4.78 is 0. The first-order chi connectivity index (χ1) is 11.1. The van der Waals surface area contributed by atoms with Crippen molar-refractivity contribution in [3.8, 4) is 0 Å². The highest BCUT2D eigenvalue weighted by Crippen LogP contribution is 2.34. The first-order valence-electron chi connectivity index (χ1n) is 7.66. The van der Waals surface area contributed by atoms with Crippen molar-refractivity contribution in [2.24, 2.45) is 0 Å². The minimum atomic E-state index is -0.378. The van der Waals surface area contributed by atoms with Crippen molar-refractivity contribution < 1.29 is 4.92 Å². The van der Waals surface area contributed by atoms with Crippen LogP contribution in [-0.2, 0) is 0 Å². The monoisotopic (exact) mass is 314 g/mol. The Kier molecular flexibility index (Phi) is 5.65. The second kappa shape index (κ2) is 7.69. The third-order valence-electron chi connectivity index (χ3n) is 3.67. The molecule has 0 radical (unpaired) electrons. The maximum absolute atomic E-state index is 11.4. The molecule has 0 N–H and O–H groups in total. The highest BCUT2D eigenvalue weighted by Gasteiger charge is 2.29. The van der Waals surface area contributed by atoms with E-state index in [0.29, 0.717) is 5.82 Å². The summed E-state index contributed by atoms with van der Waals surface area (Å²) in [7, 11) is 3.95. The Balaban J connectivity index is 2.61. The predicted molar refractivity (Wildman–Crippen MR) is 91.9 cm³/mol. The lowest BCUT2D eigenvalue weighted by molar-refractivity contribution is -0.384. The summed E-state index contributed by atoms with van der Waals surface area (Å²) in [6.07, 6.45) is 3.41. The van der Waals surface area contributed by atoms with Crippen molar-refractivity contribution in [2.45, 2.75) is 25.9 Å². The van der Waals surface area contributed by atoms with Crippen LogP contribution in [0.15, 0.2) is 48.7 Å². The van der Waals surface area contributed by atoms with Crippen LogP contribution in [0.3, 0.4) is 0 Å². The summed E-state index contributed by atoms with van der Waals surface area (Å²) in [5, 5.41) is 11.4. The number of para-hydroxylation sites is 1. The second-order valence-corrected chi connectivity index (χ2v) is 5.54. The van der Waals surface area contributed by atoms with Gasteiger partial charge in [-0.25, -0.2) is 4.98 Å². The van der Waals surface area contributed by atoms with Crippen LogP contribution < -0.4 is 4.90 Å². The summed E-state index contributed by atoms with van der Waals surface area (Å²) in [5.74, 6) is 0.371. The van der Waals surface area contributed by atoms with Gasteiger partial charge < -0.3 is 4.90 Å². The molecule has 0 bridgehead atoms. The highest BCUT2D eigenvalue weighted by atomic mass is 16.6. The molecule has 1 heterocycles. The Labute approximate surface area is 136 Å². The maximum atomic E-state index is 11.4. The van der Waals surface area contributed by atoms with Crippen molar-refractivity contribution in [3.63, 3.8) is 0 Å². The number of hydrogen-bond acceptors (Lipinski definition) is 5. The molecule has 0 saturated carbocycles. The van der Waals surface area contributed by atoms with Crippen LogP contribution in [0.5, 0.6) is 0 Å². The average molecular weight is 314 g/mol. The molecule has 0 amide bonds. The van der Waals surface area contributed by atoms with E-state index < -0.39 is 0 Å². The minimum absolute atomic E-state index is 0.0132. The normalized spacial score (nSPS) is 12.2. The quantitative estimate of drug-likeness (QED) is 0.442. The van der Waals surface area contributed by atoms with Crippen LogP contribution in [0.25, 0.3) is 0 Å². The number of hydrogen-bond donors (Lipinski definition) is 0. The van der Waals surface area contributed by atoms with Crippen LogP contribution in [-0.4, -0.2) is 35.1 Å². The van der Waals surface area contributed by atoms with Gasteiger partial charge in [0, 0.05) is 18.0 Å². The van der Waals surface area contributed by atoms with E-state index in [9.17, 15) is 10.1 Å². The van der Waals surface area contributed by atoms with Gasteiger partial charge in [0.1, 0.15) is 0 Å². The number of aromatic nitrogens is 1. The Morgan fingerprint density at radius 1 is 1.17 bits per heavy atom. The fourth-order valence-electron chi connectivity index (χ4n) is 2.62. The van der Waals surface area contributed by atoms with Gasteiger partial charge in [-0.2, -0.15) is 0 Å². The van der Waals surface area contributed by atoms with Crippen LogP contribution >= 0.6 is 0 Å². The summed E-state index contributed by atoms with van der Waals surface area (Å²) in [5.41, 5.74) is 0.903. The van der Waals surface area contributed by atoms with Crippen LogP contribution in [0.1, 0.15) is 19.8 Å². The van der Waals surface area contributed by atoms with Crippen LogP contribution in [0.4, 0.5) is 17.2 Å². The fraction of sp³-hybridized carbons (Fsp3) is 0.353. The predicted octanol–water partition coefficient (Wildman–Crippen LogP) is 3.82. The van der Waals surface area contributed by atoms with Gasteiger partial charge in [0.05, 0.1) is 11.1 Å². The van der Waals surface area contributed by atoms with Gasteiger partial charge in [-0.05, 0) is 38.7 Å². The van der Waals surface area contributed by atoms with E-state index in [2.05, 4.69) is 16.8 Å². The molecule has 1 aromatic heterocycles. The zero-order valence-electron chi connectivity index (χ0n) is 13.7. The molecular formula is C17H22N4O2. The SMILES string of the molecule is CCCC(N(C)C)N(c1ccccc1)c1ncccc1[N+](=O)[O-]. The molecule has 0 fully saturated rings. The molecule has 23 heavy (non-hydrogen) atoms. The minimum Gasteiger partial charge on any atom is -0.304 e. The molecule has 1 unspecified atom stereocenters. The summed E-state index contributed by atoms with van der Waals surface area (Å²) in [6.45, 7) is 2.10. The molecular weight excluding hydrogens is 292 g/mol. The van der Waals surface area contributed by atoms with Gasteiger partial charge in [-0.1, -0.05) is 31.5 Å². The Hall–Kier alpha value is -2.47. The fourth-order valence-corrected chi connectivity index (χ4v) is 2.62. The molecule has 2 rings (SSSR count). The molecule has 2 aromatic rings. The van der Waals surface area contributed by atoms with E-state index in [1.807, 2.05) is 49.3 Å². The Morgan fingerprint density at radius 2 is 1.87 bits per heavy atom. The molecule has 122 valence electrons. The lowest BCUT2D eigenvalue weighted by atomic mass is 10.1. The Bertz CT molecular complexity index is 646. The van der Waals surface area contributed by atoms with E-state index in [-0.39, 0.29) is 16.8 Å². The first kappa shape index (κ1) is 16.9. The summed E-state index contributed by atoms with van der Waals surface area (Å²) in [6, 6.07) is 12.8. The highest BCUT2D eigenvalue weighted by molar-refractivity contribution is 5.68. The van der Waals surface area contributed by atoms with Gasteiger partial charge in [-0.15, -0.1) is 0 Å². The maximum Gasteiger partial charge on any atom is 0.311 e. The van der Waals surface area contributed by atoms with Crippen molar-refractivity contribution in [3.05, 3.63) is 58.8 Å². The van der Waals surface area contributed by atoms with Gasteiger partial charge in [0.2, 0.25) is 5.82 Å². The van der Waals surface area contributed by atoms with Crippen molar-refractivity contribution in [1.29, 1.82) is 0 Å². The van der Waals surface area contributed by atoms with Crippen molar-refractivity contribution >= 4 is 17.2 Å². The number of anilines is 2. The zero-order valence-corrected chi connectivity index (χ0v) is 13.7. The van der Waals surface area contributed by atoms with Crippen molar-refractivity contribution in [2.75, 3.05) is 19.0 Å². The molecule has 0 aliphatic heterocycles. The smallest absolute Gasteiger partial charge is 0.304 e. The number of nitro groups is 1.